The molecule has 1 aromatic rings. The first-order chi connectivity index (χ1) is 9.44. The molecule has 110 valence electrons. The topological polar surface area (TPSA) is 126 Å². The maximum absolute atomic E-state index is 12.2. The first kappa shape index (κ1) is 15.0. The van der Waals surface area contributed by atoms with Gasteiger partial charge in [0.15, 0.2) is 5.82 Å². The highest BCUT2D eigenvalue weighted by atomic mass is 35.5. The summed E-state index contributed by atoms with van der Waals surface area (Å²) in [4.78, 5) is 15.2. The first-order valence-corrected chi connectivity index (χ1v) is 7.72. The number of rotatable bonds is 4. The molecule has 1 saturated heterocycles. The molecule has 1 aromatic heterocycles. The van der Waals surface area contributed by atoms with Crippen LogP contribution in [0.3, 0.4) is 0 Å². The zero-order chi connectivity index (χ0) is 14.8. The molecule has 0 saturated carbocycles. The molecular weight excluding hydrogens is 306 g/mol. The fraction of sp³-hybridized carbons (Fsp3) is 0.400. The summed E-state index contributed by atoms with van der Waals surface area (Å²) in [6.45, 7) is 0.557. The number of hydrogen-bond donors (Lipinski definition) is 4. The molecular formula is C10H14ClN5O3S. The molecule has 1 fully saturated rings. The van der Waals surface area contributed by atoms with Crippen molar-refractivity contribution in [1.29, 1.82) is 0 Å². The van der Waals surface area contributed by atoms with Crippen LogP contribution in [-0.4, -0.2) is 31.9 Å². The molecule has 2 heterocycles. The zero-order valence-electron chi connectivity index (χ0n) is 10.4. The predicted molar refractivity (Wildman–Crippen MR) is 73.4 cm³/mol. The Labute approximate surface area is 121 Å². The molecule has 2 rings (SSSR count). The number of piperidine rings is 1. The van der Waals surface area contributed by atoms with Crippen LogP contribution in [-0.2, 0) is 14.8 Å². The zero-order valence-corrected chi connectivity index (χ0v) is 12.0. The number of carbonyl (C=O) groups excluding carboxylic acids is 1. The number of nitrogens with one attached hydrogen (secondary N) is 3. The van der Waals surface area contributed by atoms with E-state index >= 15 is 0 Å². The maximum atomic E-state index is 12.2. The van der Waals surface area contributed by atoms with Crippen LogP contribution in [0.4, 0.5) is 5.82 Å². The minimum absolute atomic E-state index is 0.0727. The minimum Gasteiger partial charge on any atom is -0.355 e. The number of carbonyl (C=O) groups is 1. The van der Waals surface area contributed by atoms with Crippen molar-refractivity contribution in [3.8, 4) is 0 Å². The second-order valence-electron chi connectivity index (χ2n) is 4.25. The van der Waals surface area contributed by atoms with E-state index in [2.05, 4.69) is 20.4 Å². The van der Waals surface area contributed by atoms with E-state index in [1.165, 1.54) is 6.07 Å². The number of pyridine rings is 1. The molecule has 1 amide bonds. The monoisotopic (exact) mass is 319 g/mol. The Morgan fingerprint density at radius 1 is 1.50 bits per heavy atom. The molecule has 0 spiro atoms. The summed E-state index contributed by atoms with van der Waals surface area (Å²) in [5.41, 5.74) is 2.24. The lowest BCUT2D eigenvalue weighted by Gasteiger charge is -2.22. The largest absolute Gasteiger partial charge is 0.355 e. The third-order valence-electron chi connectivity index (χ3n) is 2.85. The van der Waals surface area contributed by atoms with Gasteiger partial charge in [-0.3, -0.25) is 4.79 Å². The first-order valence-electron chi connectivity index (χ1n) is 5.86. The summed E-state index contributed by atoms with van der Waals surface area (Å²) >= 11 is 5.83. The average molecular weight is 320 g/mol. The Kier molecular flexibility index (Phi) is 4.43. The van der Waals surface area contributed by atoms with Crippen molar-refractivity contribution in [2.45, 2.75) is 23.8 Å². The van der Waals surface area contributed by atoms with Crippen LogP contribution in [0.2, 0.25) is 5.02 Å². The number of amides is 1. The van der Waals surface area contributed by atoms with Crippen molar-refractivity contribution < 1.29 is 13.2 Å². The van der Waals surface area contributed by atoms with E-state index in [1.54, 1.807) is 0 Å². The van der Waals surface area contributed by atoms with E-state index in [4.69, 9.17) is 17.4 Å². The number of sulfonamides is 1. The number of halogens is 1. The van der Waals surface area contributed by atoms with Gasteiger partial charge in [0.1, 0.15) is 10.9 Å². The lowest BCUT2D eigenvalue weighted by atomic mass is 10.1. The van der Waals surface area contributed by atoms with Gasteiger partial charge in [-0.2, -0.15) is 4.72 Å². The summed E-state index contributed by atoms with van der Waals surface area (Å²) in [5.74, 6) is 5.00. The smallest absolute Gasteiger partial charge is 0.242 e. The molecule has 10 heteroatoms. The van der Waals surface area contributed by atoms with E-state index in [-0.39, 0.29) is 21.6 Å². The molecule has 1 aliphatic rings. The van der Waals surface area contributed by atoms with Gasteiger partial charge in [0.2, 0.25) is 15.9 Å². The lowest BCUT2D eigenvalue weighted by Crippen LogP contribution is -2.50. The number of hydrazine groups is 1. The number of hydrogen-bond acceptors (Lipinski definition) is 6. The van der Waals surface area contributed by atoms with Gasteiger partial charge in [-0.25, -0.2) is 19.2 Å². The molecule has 0 aliphatic carbocycles. The van der Waals surface area contributed by atoms with Crippen LogP contribution in [0.25, 0.3) is 0 Å². The van der Waals surface area contributed by atoms with Crippen LogP contribution in [0.1, 0.15) is 12.8 Å². The second-order valence-corrected chi connectivity index (χ2v) is 6.37. The normalized spacial score (nSPS) is 19.5. The van der Waals surface area contributed by atoms with Crippen molar-refractivity contribution in [2.24, 2.45) is 5.84 Å². The number of nitrogen functional groups attached to an aromatic ring is 1. The van der Waals surface area contributed by atoms with Gasteiger partial charge in [-0.1, -0.05) is 11.6 Å². The van der Waals surface area contributed by atoms with Gasteiger partial charge in [-0.15, -0.1) is 0 Å². The van der Waals surface area contributed by atoms with Crippen LogP contribution >= 0.6 is 11.6 Å². The Balaban J connectivity index is 2.21. The molecule has 5 N–H and O–H groups in total. The van der Waals surface area contributed by atoms with E-state index in [1.807, 2.05) is 0 Å². The van der Waals surface area contributed by atoms with Crippen LogP contribution in [0.5, 0.6) is 0 Å². The molecule has 0 bridgehead atoms. The molecule has 1 unspecified atom stereocenters. The fourth-order valence-corrected chi connectivity index (χ4v) is 3.30. The number of nitrogens with two attached hydrogens (primary N) is 1. The summed E-state index contributed by atoms with van der Waals surface area (Å²) in [5, 5.41) is 2.67. The number of nitrogens with zero attached hydrogens (tertiary/aromatic N) is 1. The summed E-state index contributed by atoms with van der Waals surface area (Å²) in [6, 6.07) is 0.437. The molecule has 1 atom stereocenters. The molecule has 0 radical (unpaired) electrons. The third kappa shape index (κ3) is 3.18. The van der Waals surface area contributed by atoms with Gasteiger partial charge < -0.3 is 10.7 Å². The minimum atomic E-state index is -3.87. The van der Waals surface area contributed by atoms with E-state index in [0.717, 1.165) is 6.20 Å². The van der Waals surface area contributed by atoms with E-state index in [9.17, 15) is 13.2 Å². The molecule has 0 aromatic carbocycles. The van der Waals surface area contributed by atoms with E-state index < -0.39 is 16.1 Å². The molecule has 1 aliphatic heterocycles. The maximum Gasteiger partial charge on any atom is 0.242 e. The quantitative estimate of drug-likeness (QED) is 0.441. The second kappa shape index (κ2) is 5.92. The van der Waals surface area contributed by atoms with Crippen molar-refractivity contribution in [2.75, 3.05) is 12.0 Å². The SMILES string of the molecule is NNc1ncc(S(=O)(=O)NC2CCCNC2=O)cc1Cl. The Hall–Kier alpha value is -1.42. The van der Waals surface area contributed by atoms with Crippen molar-refractivity contribution in [3.63, 3.8) is 0 Å². The molecule has 8 nitrogen and oxygen atoms in total. The lowest BCUT2D eigenvalue weighted by molar-refractivity contribution is -0.124. The fourth-order valence-electron chi connectivity index (χ4n) is 1.81. The predicted octanol–water partition coefficient (Wildman–Crippen LogP) is -0.422. The highest BCUT2D eigenvalue weighted by molar-refractivity contribution is 7.89. The van der Waals surface area contributed by atoms with Gasteiger partial charge in [0.05, 0.1) is 5.02 Å². The van der Waals surface area contributed by atoms with Gasteiger partial charge >= 0.3 is 0 Å². The summed E-state index contributed by atoms with van der Waals surface area (Å²) < 4.78 is 26.6. The van der Waals surface area contributed by atoms with Crippen LogP contribution in [0, 0.1) is 0 Å². The Morgan fingerprint density at radius 3 is 2.85 bits per heavy atom. The highest BCUT2D eigenvalue weighted by Gasteiger charge is 2.28. The van der Waals surface area contributed by atoms with Gasteiger partial charge in [0.25, 0.3) is 0 Å². The number of anilines is 1. The van der Waals surface area contributed by atoms with Crippen molar-refractivity contribution in [1.82, 2.24) is 15.0 Å². The standard InChI is InChI=1S/C10H14ClN5O3S/c11-7-4-6(5-14-9(7)15-12)20(18,19)16-8-2-1-3-13-10(8)17/h4-5,8,16H,1-3,12H2,(H,13,17)(H,14,15). The summed E-state index contributed by atoms with van der Waals surface area (Å²) in [7, 11) is -3.87. The summed E-state index contributed by atoms with van der Waals surface area (Å²) in [6.07, 6.45) is 2.28. The highest BCUT2D eigenvalue weighted by Crippen LogP contribution is 2.22. The van der Waals surface area contributed by atoms with Crippen molar-refractivity contribution in [3.05, 3.63) is 17.3 Å². The number of aromatic nitrogens is 1. The Bertz CT molecular complexity index is 621. The van der Waals surface area contributed by atoms with Crippen LogP contribution in [0.15, 0.2) is 17.2 Å². The molecule has 20 heavy (non-hydrogen) atoms. The average Bonchev–Trinajstić information content (AvgIpc) is 2.41. The van der Waals surface area contributed by atoms with E-state index in [0.29, 0.717) is 19.4 Å². The van der Waals surface area contributed by atoms with Crippen molar-refractivity contribution >= 4 is 33.3 Å². The van der Waals surface area contributed by atoms with Gasteiger partial charge in [-0.05, 0) is 18.9 Å². The Morgan fingerprint density at radius 2 is 2.25 bits per heavy atom. The third-order valence-corrected chi connectivity index (χ3v) is 4.57. The van der Waals surface area contributed by atoms with Crippen LogP contribution < -0.4 is 21.3 Å². The van der Waals surface area contributed by atoms with Gasteiger partial charge in [0, 0.05) is 12.7 Å².